The number of amides is 2. The first-order valence-electron chi connectivity index (χ1n) is 8.67. The van der Waals surface area contributed by atoms with Crippen molar-refractivity contribution >= 4 is 34.0 Å². The number of nitrogens with zero attached hydrogens (tertiary/aromatic N) is 1. The van der Waals surface area contributed by atoms with Crippen molar-refractivity contribution in [3.8, 4) is 5.75 Å². The highest BCUT2D eigenvalue weighted by Gasteiger charge is 2.10. The van der Waals surface area contributed by atoms with Gasteiger partial charge in [-0.05, 0) is 44.2 Å². The molecule has 2 rings (SSSR count). The standard InChI is InChI=1S/C20H21BrFN3O3/c1-13(2)28-18-8-7-15(21)11-14(18)12-24-25-19(26)9-10-23-20(27)16-5-3-4-6-17(16)22/h3-8,11-13H,9-10H2,1-2H3,(H,23,27)(H,25,26). The van der Waals surface area contributed by atoms with Gasteiger partial charge in [0, 0.05) is 23.0 Å². The summed E-state index contributed by atoms with van der Waals surface area (Å²) < 4.78 is 20.1. The van der Waals surface area contributed by atoms with E-state index in [1.807, 2.05) is 32.0 Å². The molecule has 0 saturated heterocycles. The van der Waals surface area contributed by atoms with E-state index in [1.165, 1.54) is 24.4 Å². The Labute approximate surface area is 171 Å². The topological polar surface area (TPSA) is 79.8 Å². The van der Waals surface area contributed by atoms with Crippen LogP contribution in [0.2, 0.25) is 0 Å². The summed E-state index contributed by atoms with van der Waals surface area (Å²) in [6.45, 7) is 3.90. The molecule has 28 heavy (non-hydrogen) atoms. The summed E-state index contributed by atoms with van der Waals surface area (Å²) in [5.41, 5.74) is 3.03. The second kappa shape index (κ2) is 10.6. The van der Waals surface area contributed by atoms with Gasteiger partial charge >= 0.3 is 0 Å². The minimum atomic E-state index is -0.609. The number of rotatable bonds is 8. The van der Waals surface area contributed by atoms with E-state index >= 15 is 0 Å². The normalized spacial score (nSPS) is 10.9. The first kappa shape index (κ1) is 21.6. The van der Waals surface area contributed by atoms with Gasteiger partial charge in [-0.2, -0.15) is 5.10 Å². The lowest BCUT2D eigenvalue weighted by Gasteiger charge is -2.12. The number of carbonyl (C=O) groups is 2. The number of ether oxygens (including phenoxy) is 1. The largest absolute Gasteiger partial charge is 0.490 e. The molecular formula is C20H21BrFN3O3. The maximum absolute atomic E-state index is 13.5. The van der Waals surface area contributed by atoms with Crippen molar-refractivity contribution in [3.05, 3.63) is 63.9 Å². The van der Waals surface area contributed by atoms with Gasteiger partial charge in [-0.15, -0.1) is 0 Å². The van der Waals surface area contributed by atoms with E-state index in [9.17, 15) is 14.0 Å². The van der Waals surface area contributed by atoms with Gasteiger partial charge in [-0.1, -0.05) is 28.1 Å². The van der Waals surface area contributed by atoms with E-state index in [0.717, 1.165) is 4.47 Å². The van der Waals surface area contributed by atoms with E-state index in [4.69, 9.17) is 4.74 Å². The summed E-state index contributed by atoms with van der Waals surface area (Å²) in [5, 5.41) is 6.42. The van der Waals surface area contributed by atoms with Crippen LogP contribution in [0, 0.1) is 5.82 Å². The van der Waals surface area contributed by atoms with Crippen molar-refractivity contribution in [1.29, 1.82) is 0 Å². The highest BCUT2D eigenvalue weighted by atomic mass is 79.9. The lowest BCUT2D eigenvalue weighted by atomic mass is 10.2. The predicted octanol–water partition coefficient (Wildman–Crippen LogP) is 3.65. The van der Waals surface area contributed by atoms with Crippen LogP contribution < -0.4 is 15.5 Å². The Morgan fingerprint density at radius 2 is 2.00 bits per heavy atom. The molecule has 0 fully saturated rings. The SMILES string of the molecule is CC(C)Oc1ccc(Br)cc1C=NNC(=O)CCNC(=O)c1ccccc1F. The molecule has 148 valence electrons. The van der Waals surface area contributed by atoms with Crippen LogP contribution in [-0.4, -0.2) is 30.7 Å². The fourth-order valence-electron chi connectivity index (χ4n) is 2.24. The van der Waals surface area contributed by atoms with Crippen LogP contribution in [0.5, 0.6) is 5.75 Å². The minimum Gasteiger partial charge on any atom is -0.490 e. The van der Waals surface area contributed by atoms with Gasteiger partial charge < -0.3 is 10.1 Å². The summed E-state index contributed by atoms with van der Waals surface area (Å²) in [7, 11) is 0. The summed E-state index contributed by atoms with van der Waals surface area (Å²) in [6.07, 6.45) is 1.49. The maximum atomic E-state index is 13.5. The second-order valence-electron chi connectivity index (χ2n) is 6.13. The van der Waals surface area contributed by atoms with E-state index < -0.39 is 11.7 Å². The first-order chi connectivity index (χ1) is 13.4. The fraction of sp³-hybridized carbons (Fsp3) is 0.250. The van der Waals surface area contributed by atoms with Crippen LogP contribution in [0.25, 0.3) is 0 Å². The van der Waals surface area contributed by atoms with Crippen molar-refractivity contribution in [1.82, 2.24) is 10.7 Å². The molecule has 0 spiro atoms. The Kier molecular flexibility index (Phi) is 8.13. The Morgan fingerprint density at radius 1 is 1.25 bits per heavy atom. The van der Waals surface area contributed by atoms with E-state index in [0.29, 0.717) is 11.3 Å². The van der Waals surface area contributed by atoms with Crippen LogP contribution in [-0.2, 0) is 4.79 Å². The highest BCUT2D eigenvalue weighted by molar-refractivity contribution is 9.10. The third-order valence-corrected chi connectivity index (χ3v) is 3.98. The zero-order valence-corrected chi connectivity index (χ0v) is 17.1. The number of halogens is 2. The number of benzene rings is 2. The predicted molar refractivity (Wildman–Crippen MR) is 109 cm³/mol. The maximum Gasteiger partial charge on any atom is 0.254 e. The third-order valence-electron chi connectivity index (χ3n) is 3.48. The highest BCUT2D eigenvalue weighted by Crippen LogP contribution is 2.22. The van der Waals surface area contributed by atoms with Crippen LogP contribution in [0.4, 0.5) is 4.39 Å². The number of carbonyl (C=O) groups excluding carboxylic acids is 2. The Balaban J connectivity index is 1.83. The number of hydrogen-bond donors (Lipinski definition) is 2. The summed E-state index contributed by atoms with van der Waals surface area (Å²) in [6, 6.07) is 11.1. The smallest absolute Gasteiger partial charge is 0.254 e. The van der Waals surface area contributed by atoms with Crippen molar-refractivity contribution in [3.63, 3.8) is 0 Å². The summed E-state index contributed by atoms with van der Waals surface area (Å²) in [4.78, 5) is 23.7. The molecular weight excluding hydrogens is 429 g/mol. The molecule has 0 aromatic heterocycles. The molecule has 0 heterocycles. The molecule has 0 aliphatic rings. The van der Waals surface area contributed by atoms with Crippen LogP contribution in [0.3, 0.4) is 0 Å². The van der Waals surface area contributed by atoms with E-state index in [-0.39, 0.29) is 30.5 Å². The van der Waals surface area contributed by atoms with Crippen molar-refractivity contribution in [2.45, 2.75) is 26.4 Å². The number of hydrazone groups is 1. The van der Waals surface area contributed by atoms with Gasteiger partial charge in [0.1, 0.15) is 11.6 Å². The molecule has 6 nitrogen and oxygen atoms in total. The van der Waals surface area contributed by atoms with Crippen LogP contribution in [0.1, 0.15) is 36.2 Å². The molecule has 0 unspecified atom stereocenters. The fourth-order valence-corrected chi connectivity index (χ4v) is 2.62. The zero-order valence-electron chi connectivity index (χ0n) is 15.5. The lowest BCUT2D eigenvalue weighted by molar-refractivity contribution is -0.120. The van der Waals surface area contributed by atoms with E-state index in [1.54, 1.807) is 6.07 Å². The van der Waals surface area contributed by atoms with Crippen LogP contribution >= 0.6 is 15.9 Å². The van der Waals surface area contributed by atoms with Gasteiger partial charge in [0.15, 0.2) is 0 Å². The molecule has 0 saturated carbocycles. The molecule has 8 heteroatoms. The minimum absolute atomic E-state index is 0.000907. The Hall–Kier alpha value is -2.74. The number of hydrogen-bond acceptors (Lipinski definition) is 4. The molecule has 0 aliphatic carbocycles. The van der Waals surface area contributed by atoms with E-state index in [2.05, 4.69) is 31.8 Å². The lowest BCUT2D eigenvalue weighted by Crippen LogP contribution is -2.29. The average molecular weight is 450 g/mol. The molecule has 2 amide bonds. The Morgan fingerprint density at radius 3 is 2.71 bits per heavy atom. The zero-order chi connectivity index (χ0) is 20.5. The quantitative estimate of drug-likeness (QED) is 0.476. The molecule has 0 atom stereocenters. The van der Waals surface area contributed by atoms with Gasteiger partial charge in [0.2, 0.25) is 5.91 Å². The third kappa shape index (κ3) is 6.77. The molecule has 2 aromatic carbocycles. The average Bonchev–Trinajstić information content (AvgIpc) is 2.64. The molecule has 0 radical (unpaired) electrons. The molecule has 0 aliphatic heterocycles. The monoisotopic (exact) mass is 449 g/mol. The molecule has 2 aromatic rings. The Bertz CT molecular complexity index is 872. The van der Waals surface area contributed by atoms with Gasteiger partial charge in [-0.25, -0.2) is 9.82 Å². The van der Waals surface area contributed by atoms with Gasteiger partial charge in [0.05, 0.1) is 17.9 Å². The van der Waals surface area contributed by atoms with Crippen molar-refractivity contribution in [2.24, 2.45) is 5.10 Å². The summed E-state index contributed by atoms with van der Waals surface area (Å²) in [5.74, 6) is -0.915. The van der Waals surface area contributed by atoms with Crippen molar-refractivity contribution in [2.75, 3.05) is 6.54 Å². The van der Waals surface area contributed by atoms with Crippen molar-refractivity contribution < 1.29 is 18.7 Å². The first-order valence-corrected chi connectivity index (χ1v) is 9.47. The second-order valence-corrected chi connectivity index (χ2v) is 7.04. The van der Waals surface area contributed by atoms with Gasteiger partial charge in [-0.3, -0.25) is 9.59 Å². The molecule has 2 N–H and O–H groups in total. The molecule has 0 bridgehead atoms. The van der Waals surface area contributed by atoms with Crippen LogP contribution in [0.15, 0.2) is 52.0 Å². The number of nitrogens with one attached hydrogen (secondary N) is 2. The summed E-state index contributed by atoms with van der Waals surface area (Å²) >= 11 is 3.38. The van der Waals surface area contributed by atoms with Gasteiger partial charge in [0.25, 0.3) is 5.91 Å².